The van der Waals surface area contributed by atoms with Crippen LogP contribution in [0.25, 0.3) is 0 Å². The van der Waals surface area contributed by atoms with Gasteiger partial charge in [-0.3, -0.25) is 14.1 Å². The smallest absolute Gasteiger partial charge is 0.311 e. The zero-order valence-corrected chi connectivity index (χ0v) is 17.8. The summed E-state index contributed by atoms with van der Waals surface area (Å²) in [5.74, 6) is -2.13. The topological polar surface area (TPSA) is 94.9 Å². The largest absolute Gasteiger partial charge is 0.481 e. The van der Waals surface area contributed by atoms with Crippen LogP contribution in [0, 0.1) is 0 Å². The standard InChI is InChI=1S/C23H27NO5S/c1-2-3-11-24(30(28)29)20-13-17-9-10-18(12-19(17)14-20)22(25)15-21(23(26)27)16-7-5-4-6-8-16/h4-10,12,20-21H,2-3,11,13-15H2,1H3,(H,26,27)(H,28,29). The molecule has 2 aromatic carbocycles. The fourth-order valence-electron chi connectivity index (χ4n) is 4.01. The van der Waals surface area contributed by atoms with Crippen LogP contribution in [0.4, 0.5) is 0 Å². The lowest BCUT2D eigenvalue weighted by Crippen LogP contribution is -2.37. The molecule has 30 heavy (non-hydrogen) atoms. The van der Waals surface area contributed by atoms with Crippen LogP contribution in [0.5, 0.6) is 0 Å². The van der Waals surface area contributed by atoms with Crippen molar-refractivity contribution in [2.75, 3.05) is 6.54 Å². The number of ketones is 1. The molecule has 3 atom stereocenters. The number of carboxylic acid groups (broad SMARTS) is 1. The average molecular weight is 430 g/mol. The monoisotopic (exact) mass is 429 g/mol. The Balaban J connectivity index is 1.74. The maximum absolute atomic E-state index is 12.8. The van der Waals surface area contributed by atoms with Gasteiger partial charge in [0.1, 0.15) is 0 Å². The molecule has 0 aliphatic heterocycles. The van der Waals surface area contributed by atoms with Gasteiger partial charge in [0.05, 0.1) is 5.92 Å². The molecule has 2 N–H and O–H groups in total. The Morgan fingerprint density at radius 1 is 1.13 bits per heavy atom. The quantitative estimate of drug-likeness (QED) is 0.442. The number of hydrogen-bond acceptors (Lipinski definition) is 3. The molecule has 1 aliphatic carbocycles. The zero-order chi connectivity index (χ0) is 21.7. The third-order valence-corrected chi connectivity index (χ3v) is 6.55. The number of fused-ring (bicyclic) bond motifs is 1. The van der Waals surface area contributed by atoms with Gasteiger partial charge in [-0.15, -0.1) is 0 Å². The molecule has 0 heterocycles. The predicted molar refractivity (Wildman–Crippen MR) is 116 cm³/mol. The van der Waals surface area contributed by atoms with Gasteiger partial charge in [-0.05, 0) is 42.0 Å². The zero-order valence-electron chi connectivity index (χ0n) is 17.0. The van der Waals surface area contributed by atoms with Crippen LogP contribution < -0.4 is 0 Å². The first kappa shape index (κ1) is 22.3. The second-order valence-corrected chi connectivity index (χ2v) is 8.63. The number of rotatable bonds is 10. The van der Waals surface area contributed by atoms with Crippen LogP contribution in [0.2, 0.25) is 0 Å². The summed E-state index contributed by atoms with van der Waals surface area (Å²) in [6.45, 7) is 2.60. The summed E-state index contributed by atoms with van der Waals surface area (Å²) < 4.78 is 23.0. The first-order chi connectivity index (χ1) is 14.4. The molecule has 0 saturated heterocycles. The summed E-state index contributed by atoms with van der Waals surface area (Å²) in [5, 5.41) is 9.59. The highest BCUT2D eigenvalue weighted by Gasteiger charge is 2.30. The third kappa shape index (κ3) is 5.22. The third-order valence-electron chi connectivity index (χ3n) is 5.67. The van der Waals surface area contributed by atoms with Gasteiger partial charge in [0.15, 0.2) is 5.78 Å². The van der Waals surface area contributed by atoms with Crippen molar-refractivity contribution < 1.29 is 23.5 Å². The fourth-order valence-corrected chi connectivity index (χ4v) is 4.70. The molecular formula is C23H27NO5S. The Morgan fingerprint density at radius 3 is 2.47 bits per heavy atom. The van der Waals surface area contributed by atoms with Crippen molar-refractivity contribution in [2.24, 2.45) is 0 Å². The van der Waals surface area contributed by atoms with Crippen molar-refractivity contribution in [3.63, 3.8) is 0 Å². The number of carboxylic acids is 1. The molecule has 0 radical (unpaired) electrons. The van der Waals surface area contributed by atoms with Crippen LogP contribution in [-0.4, -0.2) is 42.5 Å². The van der Waals surface area contributed by atoms with E-state index in [1.165, 1.54) is 0 Å². The molecule has 0 saturated carbocycles. The second-order valence-electron chi connectivity index (χ2n) is 7.70. The molecule has 0 spiro atoms. The van der Waals surface area contributed by atoms with Crippen molar-refractivity contribution in [1.82, 2.24) is 4.31 Å². The number of Topliss-reactive ketones (excluding diaryl/α,β-unsaturated/α-hetero) is 1. The van der Waals surface area contributed by atoms with E-state index in [-0.39, 0.29) is 18.2 Å². The molecule has 160 valence electrons. The van der Waals surface area contributed by atoms with Crippen molar-refractivity contribution in [3.8, 4) is 0 Å². The minimum Gasteiger partial charge on any atom is -0.481 e. The van der Waals surface area contributed by atoms with E-state index < -0.39 is 23.2 Å². The van der Waals surface area contributed by atoms with E-state index in [4.69, 9.17) is 0 Å². The molecule has 3 unspecified atom stereocenters. The number of unbranched alkanes of at least 4 members (excludes halogenated alkanes) is 1. The Bertz CT molecular complexity index is 930. The summed E-state index contributed by atoms with van der Waals surface area (Å²) >= 11 is -2.03. The van der Waals surface area contributed by atoms with E-state index in [0.29, 0.717) is 30.5 Å². The van der Waals surface area contributed by atoms with E-state index in [9.17, 15) is 23.5 Å². The van der Waals surface area contributed by atoms with Gasteiger partial charge in [-0.25, -0.2) is 4.21 Å². The molecule has 6 nitrogen and oxygen atoms in total. The first-order valence-corrected chi connectivity index (χ1v) is 11.3. The number of hydrogen-bond donors (Lipinski definition) is 2. The number of nitrogens with zero attached hydrogens (tertiary/aromatic N) is 1. The second kappa shape index (κ2) is 10.1. The van der Waals surface area contributed by atoms with E-state index in [2.05, 4.69) is 0 Å². The van der Waals surface area contributed by atoms with Gasteiger partial charge in [0.25, 0.3) is 0 Å². The minimum absolute atomic E-state index is 0.0705. The van der Waals surface area contributed by atoms with Crippen molar-refractivity contribution in [2.45, 2.75) is 51.0 Å². The molecule has 3 rings (SSSR count). The van der Waals surface area contributed by atoms with Crippen LogP contribution in [-0.2, 0) is 28.9 Å². The van der Waals surface area contributed by atoms with Gasteiger partial charge < -0.3 is 5.11 Å². The maximum Gasteiger partial charge on any atom is 0.311 e. The van der Waals surface area contributed by atoms with Crippen LogP contribution >= 0.6 is 0 Å². The fraction of sp³-hybridized carbons (Fsp3) is 0.391. The summed E-state index contributed by atoms with van der Waals surface area (Å²) in [7, 11) is 0. The Morgan fingerprint density at radius 2 is 1.83 bits per heavy atom. The van der Waals surface area contributed by atoms with E-state index in [0.717, 1.165) is 24.0 Å². The van der Waals surface area contributed by atoms with Gasteiger partial charge in [0.2, 0.25) is 11.3 Å². The molecule has 0 amide bonds. The number of carbonyl (C=O) groups excluding carboxylic acids is 1. The lowest BCUT2D eigenvalue weighted by molar-refractivity contribution is -0.138. The van der Waals surface area contributed by atoms with E-state index in [1.807, 2.05) is 25.1 Å². The molecule has 7 heteroatoms. The van der Waals surface area contributed by atoms with Crippen molar-refractivity contribution in [1.29, 1.82) is 0 Å². The van der Waals surface area contributed by atoms with Gasteiger partial charge in [-0.1, -0.05) is 55.8 Å². The predicted octanol–water partition coefficient (Wildman–Crippen LogP) is 3.83. The van der Waals surface area contributed by atoms with Crippen LogP contribution in [0.1, 0.15) is 59.2 Å². The Labute approximate surface area is 179 Å². The first-order valence-electron chi connectivity index (χ1n) is 10.2. The SMILES string of the molecule is CCCCN(C1Cc2ccc(C(=O)CC(C(=O)O)c3ccccc3)cc2C1)S(=O)O. The highest BCUT2D eigenvalue weighted by Crippen LogP contribution is 2.29. The Kier molecular flexibility index (Phi) is 7.53. The lowest BCUT2D eigenvalue weighted by atomic mass is 9.91. The summed E-state index contributed by atoms with van der Waals surface area (Å²) in [4.78, 5) is 24.5. The highest BCUT2D eigenvalue weighted by atomic mass is 32.2. The molecule has 0 bridgehead atoms. The number of carbonyl (C=O) groups is 2. The van der Waals surface area contributed by atoms with Crippen LogP contribution in [0.15, 0.2) is 48.5 Å². The number of aliphatic carboxylic acids is 1. The van der Waals surface area contributed by atoms with E-state index in [1.54, 1.807) is 34.6 Å². The van der Waals surface area contributed by atoms with Gasteiger partial charge >= 0.3 is 5.97 Å². The molecule has 1 aliphatic rings. The molecule has 2 aromatic rings. The summed E-state index contributed by atoms with van der Waals surface area (Å²) in [6.07, 6.45) is 2.96. The highest BCUT2D eigenvalue weighted by molar-refractivity contribution is 7.76. The van der Waals surface area contributed by atoms with Gasteiger partial charge in [-0.2, -0.15) is 4.31 Å². The normalized spacial score (nSPS) is 17.5. The average Bonchev–Trinajstić information content (AvgIpc) is 3.15. The minimum atomic E-state index is -2.03. The van der Waals surface area contributed by atoms with Gasteiger partial charge in [0, 0.05) is 24.6 Å². The molecule has 0 fully saturated rings. The van der Waals surface area contributed by atoms with Crippen molar-refractivity contribution >= 4 is 23.0 Å². The lowest BCUT2D eigenvalue weighted by Gasteiger charge is -2.24. The molecule has 0 aromatic heterocycles. The summed E-state index contributed by atoms with van der Waals surface area (Å²) in [5.41, 5.74) is 3.16. The maximum atomic E-state index is 12.8. The number of benzene rings is 2. The van der Waals surface area contributed by atoms with Crippen LogP contribution in [0.3, 0.4) is 0 Å². The molecular weight excluding hydrogens is 402 g/mol. The van der Waals surface area contributed by atoms with Crippen molar-refractivity contribution in [3.05, 3.63) is 70.8 Å². The Hall–Kier alpha value is -2.35. The van der Waals surface area contributed by atoms with E-state index >= 15 is 0 Å². The summed E-state index contributed by atoms with van der Waals surface area (Å²) in [6, 6.07) is 14.2.